The van der Waals surface area contributed by atoms with Crippen LogP contribution in [0.5, 0.6) is 0 Å². The predicted octanol–water partition coefficient (Wildman–Crippen LogP) is 0.199. The molecule has 53 heavy (non-hydrogen) atoms. The Morgan fingerprint density at radius 2 is 1.36 bits per heavy atom. The van der Waals surface area contributed by atoms with E-state index >= 15 is 0 Å². The number of fused-ring (bicyclic) bond motifs is 1. The van der Waals surface area contributed by atoms with Gasteiger partial charge in [0.25, 0.3) is 11.8 Å². The average Bonchev–Trinajstić information content (AvgIpc) is 3.92. The number of hydrogen-bond donors (Lipinski definition) is 4. The summed E-state index contributed by atoms with van der Waals surface area (Å²) in [6, 6.07) is 0. The predicted molar refractivity (Wildman–Crippen MR) is 187 cm³/mol. The summed E-state index contributed by atoms with van der Waals surface area (Å²) >= 11 is 1.85. The van der Waals surface area contributed by atoms with Crippen molar-refractivity contribution in [3.05, 3.63) is 58.7 Å². The highest BCUT2D eigenvalue weighted by Crippen LogP contribution is 2.51. The molecule has 4 heterocycles. The van der Waals surface area contributed by atoms with Crippen LogP contribution in [0.1, 0.15) is 17.8 Å². The van der Waals surface area contributed by atoms with Gasteiger partial charge in [-0.2, -0.15) is 5.01 Å². The average molecular weight is 773 g/mol. The molecular formula is C30H32N10O11S2. The van der Waals surface area contributed by atoms with E-state index in [1.807, 2.05) is 0 Å². The zero-order valence-corrected chi connectivity index (χ0v) is 30.0. The number of carbonyl (C=O) groups is 7. The number of carbonyl (C=O) groups excluding carboxylic acids is 5. The summed E-state index contributed by atoms with van der Waals surface area (Å²) in [6.45, 7) is 6.97. The number of anilines is 2. The quantitative estimate of drug-likeness (QED) is 0.0519. The molecule has 2 unspecified atom stereocenters. The molecule has 0 radical (unpaired) electrons. The second-order valence-corrected chi connectivity index (χ2v) is 12.4. The zero-order valence-electron chi connectivity index (χ0n) is 28.4. The van der Waals surface area contributed by atoms with Gasteiger partial charge in [0.2, 0.25) is 24.5 Å². The minimum absolute atomic E-state index is 0.0660. The van der Waals surface area contributed by atoms with Crippen LogP contribution in [0.15, 0.2) is 57.7 Å². The number of nitrogens with zero attached hydrogens (tertiary/aromatic N) is 8. The maximum Gasteiger partial charge on any atom is 0.316 e. The van der Waals surface area contributed by atoms with Crippen LogP contribution < -0.4 is 10.6 Å². The second kappa shape index (κ2) is 16.3. The number of rotatable bonds is 18. The summed E-state index contributed by atoms with van der Waals surface area (Å²) < 4.78 is 0. The van der Waals surface area contributed by atoms with Crippen LogP contribution in [0.4, 0.5) is 10.3 Å². The Kier molecular flexibility index (Phi) is 12.2. The number of aliphatic carboxylic acids is 2. The first-order valence-electron chi connectivity index (χ1n) is 15.0. The molecule has 1 fully saturated rings. The van der Waals surface area contributed by atoms with Crippen molar-refractivity contribution >= 4 is 86.8 Å². The van der Waals surface area contributed by atoms with Crippen LogP contribution in [0, 0.1) is 11.8 Å². The molecule has 280 valence electrons. The van der Waals surface area contributed by atoms with E-state index in [1.165, 1.54) is 15.8 Å². The Morgan fingerprint density at radius 3 is 1.74 bits per heavy atom. The first kappa shape index (κ1) is 39.5. The van der Waals surface area contributed by atoms with Gasteiger partial charge in [-0.05, 0) is 0 Å². The maximum atomic E-state index is 14.8. The van der Waals surface area contributed by atoms with E-state index < -0.39 is 70.0 Å². The Bertz CT molecular complexity index is 1870. The molecule has 0 spiro atoms. The van der Waals surface area contributed by atoms with Crippen LogP contribution in [-0.2, 0) is 43.2 Å². The van der Waals surface area contributed by atoms with E-state index in [0.717, 1.165) is 77.9 Å². The Morgan fingerprint density at radius 1 is 0.906 bits per heavy atom. The van der Waals surface area contributed by atoms with Crippen molar-refractivity contribution in [3.8, 4) is 0 Å². The van der Waals surface area contributed by atoms with Crippen LogP contribution in [0.3, 0.4) is 0 Å². The van der Waals surface area contributed by atoms with E-state index in [0.29, 0.717) is 12.8 Å². The number of carboxylic acid groups (broad SMARTS) is 2. The van der Waals surface area contributed by atoms with Crippen molar-refractivity contribution in [2.24, 2.45) is 22.1 Å². The molecule has 21 nitrogen and oxygen atoms in total. The highest BCUT2D eigenvalue weighted by molar-refractivity contribution is 7.14. The van der Waals surface area contributed by atoms with E-state index in [9.17, 15) is 43.8 Å². The zero-order chi connectivity index (χ0) is 39.2. The van der Waals surface area contributed by atoms with E-state index in [1.54, 1.807) is 0 Å². The van der Waals surface area contributed by atoms with E-state index in [2.05, 4.69) is 44.1 Å². The van der Waals surface area contributed by atoms with Gasteiger partial charge in [-0.3, -0.25) is 43.4 Å². The Hall–Kier alpha value is -6.33. The van der Waals surface area contributed by atoms with Crippen molar-refractivity contribution in [1.29, 1.82) is 0 Å². The molecule has 2 atom stereocenters. The number of hydrazine groups is 1. The summed E-state index contributed by atoms with van der Waals surface area (Å²) in [7, 11) is 4.58. The van der Waals surface area contributed by atoms with Crippen molar-refractivity contribution in [2.75, 3.05) is 45.5 Å². The van der Waals surface area contributed by atoms with Gasteiger partial charge in [0, 0.05) is 43.4 Å². The SMILES string of the molecule is C=CC(C(=O)O)C1=C(C(C=C)C(=O)O)C(N(C)C(=O)/C(=N\OC)c2csc(NC=O)n2)(N(C)C(=O)/C(=N\OC)c2csc(NC=O)n2)N2CCC(=O)N12. The van der Waals surface area contributed by atoms with Crippen molar-refractivity contribution in [3.63, 3.8) is 0 Å². The van der Waals surface area contributed by atoms with Crippen LogP contribution in [0.2, 0.25) is 0 Å². The third-order valence-electron chi connectivity index (χ3n) is 8.02. The molecule has 2 aliphatic rings. The lowest BCUT2D eigenvalue weighted by Gasteiger charge is -2.51. The van der Waals surface area contributed by atoms with Gasteiger partial charge in [-0.15, -0.1) is 35.8 Å². The molecule has 4 N–H and O–H groups in total. The molecular weight excluding hydrogens is 741 g/mol. The monoisotopic (exact) mass is 772 g/mol. The molecule has 5 amide bonds. The topological polar surface area (TPSA) is 266 Å². The van der Waals surface area contributed by atoms with Crippen molar-refractivity contribution in [2.45, 2.75) is 12.2 Å². The lowest BCUT2D eigenvalue weighted by molar-refractivity contribution is -0.186. The minimum Gasteiger partial charge on any atom is -0.481 e. The molecule has 2 aromatic heterocycles. The van der Waals surface area contributed by atoms with Crippen molar-refractivity contribution < 1.29 is 53.4 Å². The fraction of sp³-hybridized carbons (Fsp3) is 0.300. The Labute approximate surface area is 308 Å². The van der Waals surface area contributed by atoms with Gasteiger partial charge >= 0.3 is 11.9 Å². The van der Waals surface area contributed by atoms with Crippen LogP contribution in [-0.4, -0.2) is 135 Å². The summed E-state index contributed by atoms with van der Waals surface area (Å²) in [6.07, 6.45) is 2.36. The third kappa shape index (κ3) is 6.86. The van der Waals surface area contributed by atoms with Gasteiger partial charge in [0.1, 0.15) is 37.4 Å². The van der Waals surface area contributed by atoms with Crippen LogP contribution in [0.25, 0.3) is 0 Å². The third-order valence-corrected chi connectivity index (χ3v) is 9.57. The second-order valence-electron chi connectivity index (χ2n) is 10.7. The van der Waals surface area contributed by atoms with Crippen LogP contribution >= 0.6 is 22.7 Å². The first-order valence-corrected chi connectivity index (χ1v) is 16.7. The summed E-state index contributed by atoms with van der Waals surface area (Å²) in [5.41, 5.74) is -2.12. The fourth-order valence-corrected chi connectivity index (χ4v) is 7.28. The highest BCUT2D eigenvalue weighted by Gasteiger charge is 2.66. The number of oxime groups is 2. The number of thiazole rings is 2. The lowest BCUT2D eigenvalue weighted by Crippen LogP contribution is -2.72. The molecule has 1 saturated heterocycles. The van der Waals surface area contributed by atoms with Gasteiger partial charge < -0.3 is 30.5 Å². The number of carboxylic acids is 2. The molecule has 2 aliphatic heterocycles. The normalized spacial score (nSPS) is 16.6. The number of nitrogens with one attached hydrogen (secondary N) is 2. The molecule has 0 saturated carbocycles. The molecule has 4 rings (SSSR count). The smallest absolute Gasteiger partial charge is 0.316 e. The van der Waals surface area contributed by atoms with Gasteiger partial charge in [-0.1, -0.05) is 22.5 Å². The number of hydrogen-bond acceptors (Lipinski definition) is 16. The maximum absolute atomic E-state index is 14.8. The van der Waals surface area contributed by atoms with E-state index in [-0.39, 0.29) is 34.6 Å². The molecule has 0 aromatic carbocycles. The van der Waals surface area contributed by atoms with Gasteiger partial charge in [0.15, 0.2) is 21.7 Å². The van der Waals surface area contributed by atoms with Gasteiger partial charge in [-0.25, -0.2) is 15.0 Å². The highest BCUT2D eigenvalue weighted by atomic mass is 32.1. The molecule has 23 heteroatoms. The van der Waals surface area contributed by atoms with E-state index in [4.69, 9.17) is 9.68 Å². The first-order chi connectivity index (χ1) is 25.3. The van der Waals surface area contributed by atoms with Gasteiger partial charge in [0.05, 0.1) is 5.70 Å². The minimum atomic E-state index is -2.52. The lowest BCUT2D eigenvalue weighted by atomic mass is 9.85. The fourth-order valence-electron chi connectivity index (χ4n) is 5.97. The van der Waals surface area contributed by atoms with Crippen molar-refractivity contribution in [1.82, 2.24) is 29.8 Å². The molecule has 0 aliphatic carbocycles. The number of aromatic nitrogens is 2. The molecule has 2 aromatic rings. The number of amides is 5. The largest absolute Gasteiger partial charge is 0.481 e. The summed E-state index contributed by atoms with van der Waals surface area (Å²) in [5.74, 6) is -12.2. The number of likely N-dealkylation sites (N-methyl/N-ethyl adjacent to an activating group) is 2. The summed E-state index contributed by atoms with van der Waals surface area (Å²) in [4.78, 5) is 111. The summed E-state index contributed by atoms with van der Waals surface area (Å²) in [5, 5.41) is 38.3. The standard InChI is InChI=1S/C30H32N10O11S2/c1-7-15(26(46)47)20-23(16(8-2)27(48)49)40-19(43)9-10-39(40)30(20,37(3)24(44)21(35-50-5)17-11-52-28(33-17)31-13-41)38(4)25(45)22(36-51-6)18-12-53-29(34-18)32-14-42/h7-8,11-16H,1-2,9-10H2,3-6H3,(H,46,47)(H,48,49)(H,31,33,41)(H,32,34,42)/b35-21-,36-22-. The molecule has 0 bridgehead atoms. The Balaban J connectivity index is 2.14.